The van der Waals surface area contributed by atoms with Crippen molar-refractivity contribution in [3.8, 4) is 0 Å². The smallest absolute Gasteiger partial charge is 0.224 e. The number of rotatable bonds is 2. The second-order valence-electron chi connectivity index (χ2n) is 5.61. The van der Waals surface area contributed by atoms with Crippen LogP contribution in [0.15, 0.2) is 0 Å². The average Bonchev–Trinajstić information content (AvgIpc) is 2.30. The van der Waals surface area contributed by atoms with E-state index in [1.54, 1.807) is 0 Å². The number of nitrogens with zero attached hydrogens (tertiary/aromatic N) is 2. The van der Waals surface area contributed by atoms with Gasteiger partial charge in [-0.15, -0.1) is 24.8 Å². The molecule has 0 atom stereocenters. The first-order valence-corrected chi connectivity index (χ1v) is 6.87. The van der Waals surface area contributed by atoms with Gasteiger partial charge in [0.1, 0.15) is 0 Å². The van der Waals surface area contributed by atoms with E-state index in [-0.39, 0.29) is 36.3 Å². The molecule has 1 aliphatic heterocycles. The lowest BCUT2D eigenvalue weighted by Gasteiger charge is -2.52. The van der Waals surface area contributed by atoms with Crippen molar-refractivity contribution in [3.05, 3.63) is 0 Å². The predicted molar refractivity (Wildman–Crippen MR) is 83.2 cm³/mol. The third-order valence-corrected chi connectivity index (χ3v) is 4.29. The molecule has 0 aromatic heterocycles. The van der Waals surface area contributed by atoms with Crippen molar-refractivity contribution in [2.24, 2.45) is 5.73 Å². The fraction of sp³-hybridized carbons (Fsp3) is 0.923. The first kappa shape index (κ1) is 19.0. The predicted octanol–water partition coefficient (Wildman–Crippen LogP) is 1.66. The highest BCUT2D eigenvalue weighted by molar-refractivity contribution is 5.85. The Balaban J connectivity index is 0.00000162. The molecule has 1 aliphatic carbocycles. The molecule has 2 fully saturated rings. The van der Waals surface area contributed by atoms with Crippen molar-refractivity contribution in [1.82, 2.24) is 9.80 Å². The third kappa shape index (κ3) is 4.22. The summed E-state index contributed by atoms with van der Waals surface area (Å²) in [6.45, 7) is 3.40. The van der Waals surface area contributed by atoms with Gasteiger partial charge in [0.25, 0.3) is 0 Å². The zero-order valence-corrected chi connectivity index (χ0v) is 13.4. The van der Waals surface area contributed by atoms with Crippen molar-refractivity contribution >= 4 is 30.7 Å². The van der Waals surface area contributed by atoms with E-state index in [2.05, 4.69) is 16.8 Å². The van der Waals surface area contributed by atoms with Crippen LogP contribution in [0.25, 0.3) is 0 Å². The molecule has 0 unspecified atom stereocenters. The minimum atomic E-state index is 0. The molecule has 4 nitrogen and oxygen atoms in total. The molecule has 1 saturated heterocycles. The van der Waals surface area contributed by atoms with Gasteiger partial charge < -0.3 is 15.5 Å². The fourth-order valence-corrected chi connectivity index (χ4v) is 3.46. The van der Waals surface area contributed by atoms with Crippen molar-refractivity contribution in [1.29, 1.82) is 0 Å². The number of hydrogen-bond donors (Lipinski definition) is 1. The maximum absolute atomic E-state index is 12.2. The molecule has 2 N–H and O–H groups in total. The van der Waals surface area contributed by atoms with Crippen LogP contribution in [0.1, 0.15) is 38.5 Å². The van der Waals surface area contributed by atoms with E-state index in [9.17, 15) is 4.79 Å². The summed E-state index contributed by atoms with van der Waals surface area (Å²) in [5.74, 6) is 0.266. The van der Waals surface area contributed by atoms with Gasteiger partial charge in [0.15, 0.2) is 0 Å². The molecular formula is C13H27Cl2N3O. The van der Waals surface area contributed by atoms with E-state index in [0.717, 1.165) is 19.6 Å². The molecule has 1 heterocycles. The van der Waals surface area contributed by atoms with E-state index < -0.39 is 0 Å². The molecule has 19 heavy (non-hydrogen) atoms. The highest BCUT2D eigenvalue weighted by Gasteiger charge is 2.43. The summed E-state index contributed by atoms with van der Waals surface area (Å²) in [6, 6.07) is 0. The highest BCUT2D eigenvalue weighted by atomic mass is 35.5. The Morgan fingerprint density at radius 1 is 1.16 bits per heavy atom. The minimum Gasteiger partial charge on any atom is -0.334 e. The molecule has 0 aromatic carbocycles. The number of hydrogen-bond acceptors (Lipinski definition) is 3. The van der Waals surface area contributed by atoms with Crippen LogP contribution >= 0.6 is 24.8 Å². The van der Waals surface area contributed by atoms with Gasteiger partial charge in [0.2, 0.25) is 5.91 Å². The van der Waals surface area contributed by atoms with Crippen LogP contribution in [0, 0.1) is 0 Å². The van der Waals surface area contributed by atoms with Gasteiger partial charge in [-0.05, 0) is 19.9 Å². The molecule has 0 radical (unpaired) electrons. The minimum absolute atomic E-state index is 0. The second-order valence-corrected chi connectivity index (χ2v) is 5.61. The molecule has 0 aromatic rings. The van der Waals surface area contributed by atoms with Crippen LogP contribution in [-0.4, -0.2) is 54.5 Å². The summed E-state index contributed by atoms with van der Waals surface area (Å²) in [6.07, 6.45) is 6.71. The van der Waals surface area contributed by atoms with Crippen LogP contribution in [0.2, 0.25) is 0 Å². The topological polar surface area (TPSA) is 49.6 Å². The molecule has 1 amide bonds. The number of carbonyl (C=O) groups excluding carboxylic acids is 1. The van der Waals surface area contributed by atoms with Crippen LogP contribution in [0.3, 0.4) is 0 Å². The Hall–Kier alpha value is -0.0300. The van der Waals surface area contributed by atoms with Gasteiger partial charge >= 0.3 is 0 Å². The maximum Gasteiger partial charge on any atom is 0.224 e. The van der Waals surface area contributed by atoms with E-state index in [4.69, 9.17) is 5.73 Å². The molecule has 2 rings (SSSR count). The van der Waals surface area contributed by atoms with Crippen LogP contribution in [0.4, 0.5) is 0 Å². The summed E-state index contributed by atoms with van der Waals surface area (Å²) >= 11 is 0. The highest BCUT2D eigenvalue weighted by Crippen LogP contribution is 2.36. The lowest BCUT2D eigenvalue weighted by atomic mass is 9.78. The van der Waals surface area contributed by atoms with Gasteiger partial charge in [-0.1, -0.05) is 19.3 Å². The zero-order valence-electron chi connectivity index (χ0n) is 11.8. The van der Waals surface area contributed by atoms with Crippen LogP contribution in [-0.2, 0) is 4.79 Å². The molecule has 1 spiro atoms. The fourth-order valence-electron chi connectivity index (χ4n) is 3.46. The molecule has 114 valence electrons. The van der Waals surface area contributed by atoms with Crippen molar-refractivity contribution in [3.63, 3.8) is 0 Å². The Morgan fingerprint density at radius 2 is 1.79 bits per heavy atom. The van der Waals surface area contributed by atoms with Crippen molar-refractivity contribution in [2.75, 3.05) is 33.2 Å². The Labute approximate surface area is 128 Å². The van der Waals surface area contributed by atoms with Gasteiger partial charge in [0, 0.05) is 32.6 Å². The van der Waals surface area contributed by atoms with E-state index >= 15 is 0 Å². The van der Waals surface area contributed by atoms with Gasteiger partial charge in [-0.2, -0.15) is 0 Å². The lowest BCUT2D eigenvalue weighted by molar-refractivity contribution is -0.143. The number of piperazine rings is 1. The average molecular weight is 312 g/mol. The van der Waals surface area contributed by atoms with Crippen molar-refractivity contribution in [2.45, 2.75) is 44.1 Å². The third-order valence-electron chi connectivity index (χ3n) is 4.29. The molecule has 6 heteroatoms. The monoisotopic (exact) mass is 311 g/mol. The summed E-state index contributed by atoms with van der Waals surface area (Å²) in [4.78, 5) is 16.7. The summed E-state index contributed by atoms with van der Waals surface area (Å²) < 4.78 is 0. The Kier molecular flexibility index (Phi) is 8.29. The van der Waals surface area contributed by atoms with E-state index in [1.165, 1.54) is 32.1 Å². The Bertz CT molecular complexity index is 283. The Morgan fingerprint density at radius 3 is 2.37 bits per heavy atom. The maximum atomic E-state index is 12.2. The van der Waals surface area contributed by atoms with E-state index in [0.29, 0.717) is 13.0 Å². The summed E-state index contributed by atoms with van der Waals surface area (Å²) in [5.41, 5.74) is 5.65. The second kappa shape index (κ2) is 8.30. The number of halogens is 2. The molecule has 2 aliphatic rings. The number of nitrogens with two attached hydrogens (primary N) is 1. The molecule has 1 saturated carbocycles. The lowest BCUT2D eigenvalue weighted by Crippen LogP contribution is -2.64. The van der Waals surface area contributed by atoms with Gasteiger partial charge in [-0.25, -0.2) is 0 Å². The largest absolute Gasteiger partial charge is 0.334 e. The van der Waals surface area contributed by atoms with E-state index in [1.807, 2.05) is 0 Å². The van der Waals surface area contributed by atoms with Crippen LogP contribution in [0.5, 0.6) is 0 Å². The van der Waals surface area contributed by atoms with Gasteiger partial charge in [0.05, 0.1) is 5.54 Å². The first-order valence-electron chi connectivity index (χ1n) is 6.87. The quantitative estimate of drug-likeness (QED) is 0.843. The standard InChI is InChI=1S/C13H25N3O.2ClH/c1-15-9-10-16(12(17)5-8-14)13(11-15)6-3-2-4-7-13;;/h2-11,14H2,1H3;2*1H. The molecule has 0 bridgehead atoms. The number of likely N-dealkylation sites (N-methyl/N-ethyl adjacent to an activating group) is 1. The van der Waals surface area contributed by atoms with Gasteiger partial charge in [-0.3, -0.25) is 4.79 Å². The molecular weight excluding hydrogens is 285 g/mol. The van der Waals surface area contributed by atoms with Crippen molar-refractivity contribution < 1.29 is 4.79 Å². The zero-order chi connectivity index (χ0) is 12.3. The normalized spacial score (nSPS) is 22.5. The SMILES string of the molecule is CN1CCN(C(=O)CCN)C2(CCCCC2)C1.Cl.Cl. The van der Waals surface area contributed by atoms with Crippen LogP contribution < -0.4 is 5.73 Å². The number of amides is 1. The number of carbonyl (C=O) groups is 1. The summed E-state index contributed by atoms with van der Waals surface area (Å²) in [7, 11) is 2.17. The first-order chi connectivity index (χ1) is 8.18. The summed E-state index contributed by atoms with van der Waals surface area (Å²) in [5, 5.41) is 0.